The van der Waals surface area contributed by atoms with E-state index in [0.717, 1.165) is 0 Å². The molecule has 1 aliphatic rings. The normalized spacial score (nSPS) is 25.2. The van der Waals surface area contributed by atoms with E-state index in [1.165, 1.54) is 7.11 Å². The van der Waals surface area contributed by atoms with Crippen molar-refractivity contribution in [2.24, 2.45) is 11.8 Å². The molecule has 92 valence electrons. The van der Waals surface area contributed by atoms with Gasteiger partial charge in [0, 0.05) is 13.1 Å². The number of esters is 2. The number of piperidine rings is 1. The van der Waals surface area contributed by atoms with Gasteiger partial charge >= 0.3 is 11.9 Å². The highest BCUT2D eigenvalue weighted by Crippen LogP contribution is 2.19. The van der Waals surface area contributed by atoms with Gasteiger partial charge in [0.05, 0.1) is 25.0 Å². The second kappa shape index (κ2) is 5.84. The molecule has 2 atom stereocenters. The van der Waals surface area contributed by atoms with Crippen LogP contribution in [0.1, 0.15) is 20.3 Å². The third-order valence-electron chi connectivity index (χ3n) is 2.57. The predicted molar refractivity (Wildman–Crippen MR) is 57.7 cm³/mol. The number of hydrogen-bond acceptors (Lipinski definition) is 5. The van der Waals surface area contributed by atoms with Gasteiger partial charge < -0.3 is 14.8 Å². The number of carbonyl (C=O) groups is 2. The highest BCUT2D eigenvalue weighted by Gasteiger charge is 2.32. The number of nitrogens with one attached hydrogen (secondary N) is 1. The van der Waals surface area contributed by atoms with Gasteiger partial charge in [0.15, 0.2) is 0 Å². The van der Waals surface area contributed by atoms with Crippen LogP contribution in [0.3, 0.4) is 0 Å². The van der Waals surface area contributed by atoms with E-state index in [1.54, 1.807) is 0 Å². The van der Waals surface area contributed by atoms with Crippen molar-refractivity contribution in [3.63, 3.8) is 0 Å². The summed E-state index contributed by atoms with van der Waals surface area (Å²) in [6.07, 6.45) is 0.386. The second-order valence-electron chi connectivity index (χ2n) is 4.30. The van der Waals surface area contributed by atoms with Gasteiger partial charge in [-0.3, -0.25) is 9.59 Å². The van der Waals surface area contributed by atoms with E-state index in [4.69, 9.17) is 4.74 Å². The second-order valence-corrected chi connectivity index (χ2v) is 4.30. The summed E-state index contributed by atoms with van der Waals surface area (Å²) in [4.78, 5) is 23.0. The first-order chi connectivity index (χ1) is 7.54. The Morgan fingerprint density at radius 3 is 2.25 bits per heavy atom. The molecule has 1 saturated heterocycles. The summed E-state index contributed by atoms with van der Waals surface area (Å²) in [6, 6.07) is 0. The fourth-order valence-corrected chi connectivity index (χ4v) is 1.80. The highest BCUT2D eigenvalue weighted by molar-refractivity contribution is 5.77. The van der Waals surface area contributed by atoms with Crippen molar-refractivity contribution in [1.82, 2.24) is 5.32 Å². The van der Waals surface area contributed by atoms with Gasteiger partial charge in [-0.1, -0.05) is 0 Å². The quantitative estimate of drug-likeness (QED) is 0.707. The van der Waals surface area contributed by atoms with E-state index in [1.807, 2.05) is 13.8 Å². The van der Waals surface area contributed by atoms with Crippen molar-refractivity contribution in [3.8, 4) is 0 Å². The molecule has 2 unspecified atom stereocenters. The average molecular weight is 229 g/mol. The highest BCUT2D eigenvalue weighted by atomic mass is 16.5. The van der Waals surface area contributed by atoms with Crippen molar-refractivity contribution in [2.45, 2.75) is 26.4 Å². The van der Waals surface area contributed by atoms with E-state index >= 15 is 0 Å². The van der Waals surface area contributed by atoms with Crippen LogP contribution in [0.5, 0.6) is 0 Å². The molecule has 0 aromatic heterocycles. The molecule has 0 aromatic rings. The molecule has 1 rings (SSSR count). The molecule has 0 spiro atoms. The Bertz CT molecular complexity index is 265. The minimum atomic E-state index is -0.269. The zero-order valence-corrected chi connectivity index (χ0v) is 9.99. The molecule has 5 nitrogen and oxygen atoms in total. The summed E-state index contributed by atoms with van der Waals surface area (Å²) in [7, 11) is 1.36. The molecular weight excluding hydrogens is 210 g/mol. The summed E-state index contributed by atoms with van der Waals surface area (Å²) < 4.78 is 9.79. The molecule has 0 amide bonds. The Labute approximate surface area is 95.5 Å². The molecule has 0 aliphatic carbocycles. The molecule has 0 aromatic carbocycles. The average Bonchev–Trinajstić information content (AvgIpc) is 2.27. The molecule has 1 fully saturated rings. The fraction of sp³-hybridized carbons (Fsp3) is 0.818. The number of ether oxygens (including phenoxy) is 2. The van der Waals surface area contributed by atoms with Crippen LogP contribution in [0.25, 0.3) is 0 Å². The van der Waals surface area contributed by atoms with Crippen LogP contribution in [0.4, 0.5) is 0 Å². The van der Waals surface area contributed by atoms with Gasteiger partial charge in [-0.05, 0) is 20.3 Å². The van der Waals surface area contributed by atoms with E-state index in [-0.39, 0.29) is 29.9 Å². The Kier molecular flexibility index (Phi) is 4.73. The lowest BCUT2D eigenvalue weighted by atomic mass is 9.90. The van der Waals surface area contributed by atoms with Crippen LogP contribution in [-0.4, -0.2) is 38.2 Å². The van der Waals surface area contributed by atoms with Crippen molar-refractivity contribution >= 4 is 11.9 Å². The van der Waals surface area contributed by atoms with Gasteiger partial charge in [0.25, 0.3) is 0 Å². The lowest BCUT2D eigenvalue weighted by Crippen LogP contribution is -2.43. The molecule has 1 heterocycles. The van der Waals surface area contributed by atoms with Gasteiger partial charge in [0.1, 0.15) is 0 Å². The summed E-state index contributed by atoms with van der Waals surface area (Å²) in [5.41, 5.74) is 0. The van der Waals surface area contributed by atoms with Gasteiger partial charge in [-0.25, -0.2) is 0 Å². The van der Waals surface area contributed by atoms with E-state index in [9.17, 15) is 9.59 Å². The fourth-order valence-electron chi connectivity index (χ4n) is 1.80. The third kappa shape index (κ3) is 3.48. The topological polar surface area (TPSA) is 64.6 Å². The summed E-state index contributed by atoms with van der Waals surface area (Å²) in [5.74, 6) is -1.01. The lowest BCUT2D eigenvalue weighted by molar-refractivity contribution is -0.155. The van der Waals surface area contributed by atoms with Crippen molar-refractivity contribution in [1.29, 1.82) is 0 Å². The minimum absolute atomic E-state index is 0.119. The Morgan fingerprint density at radius 1 is 1.19 bits per heavy atom. The van der Waals surface area contributed by atoms with Crippen molar-refractivity contribution < 1.29 is 19.1 Å². The van der Waals surface area contributed by atoms with Gasteiger partial charge in [0.2, 0.25) is 0 Å². The smallest absolute Gasteiger partial charge is 0.310 e. The summed E-state index contributed by atoms with van der Waals surface area (Å²) in [6.45, 7) is 4.76. The van der Waals surface area contributed by atoms with Gasteiger partial charge in [-0.2, -0.15) is 0 Å². The first kappa shape index (κ1) is 13.0. The number of hydrogen-bond donors (Lipinski definition) is 1. The van der Waals surface area contributed by atoms with Crippen LogP contribution < -0.4 is 5.32 Å². The zero-order chi connectivity index (χ0) is 12.1. The monoisotopic (exact) mass is 229 g/mol. The molecule has 1 aliphatic heterocycles. The lowest BCUT2D eigenvalue weighted by Gasteiger charge is -2.27. The molecule has 16 heavy (non-hydrogen) atoms. The Balaban J connectivity index is 2.50. The molecule has 0 bridgehead atoms. The maximum atomic E-state index is 11.7. The standard InChI is InChI=1S/C11H19NO4/c1-7(2)16-11(14)9-4-8(5-12-6-9)10(13)15-3/h7-9,12H,4-6H2,1-3H3. The van der Waals surface area contributed by atoms with E-state index in [0.29, 0.717) is 19.5 Å². The van der Waals surface area contributed by atoms with E-state index < -0.39 is 0 Å². The maximum absolute atomic E-state index is 11.7. The van der Waals surface area contributed by atoms with Crippen LogP contribution in [0.2, 0.25) is 0 Å². The van der Waals surface area contributed by atoms with Crippen LogP contribution in [-0.2, 0) is 19.1 Å². The number of carbonyl (C=O) groups excluding carboxylic acids is 2. The summed E-state index contributed by atoms with van der Waals surface area (Å²) >= 11 is 0. The van der Waals surface area contributed by atoms with Crippen molar-refractivity contribution in [2.75, 3.05) is 20.2 Å². The van der Waals surface area contributed by atoms with E-state index in [2.05, 4.69) is 10.1 Å². The maximum Gasteiger partial charge on any atom is 0.310 e. The molecule has 0 radical (unpaired) electrons. The molecule has 0 saturated carbocycles. The SMILES string of the molecule is COC(=O)C1CNCC(C(=O)OC(C)C)C1. The Morgan fingerprint density at radius 2 is 1.75 bits per heavy atom. The summed E-state index contributed by atoms with van der Waals surface area (Å²) in [5, 5.41) is 3.05. The number of rotatable bonds is 3. The first-order valence-corrected chi connectivity index (χ1v) is 5.53. The van der Waals surface area contributed by atoms with Crippen LogP contribution in [0.15, 0.2) is 0 Å². The van der Waals surface area contributed by atoms with Crippen LogP contribution >= 0.6 is 0 Å². The third-order valence-corrected chi connectivity index (χ3v) is 2.57. The minimum Gasteiger partial charge on any atom is -0.469 e. The van der Waals surface area contributed by atoms with Gasteiger partial charge in [-0.15, -0.1) is 0 Å². The van der Waals surface area contributed by atoms with Crippen LogP contribution in [0, 0.1) is 11.8 Å². The predicted octanol–water partition coefficient (Wildman–Crippen LogP) is 0.337. The van der Waals surface area contributed by atoms with Crippen molar-refractivity contribution in [3.05, 3.63) is 0 Å². The molecule has 5 heteroatoms. The Hall–Kier alpha value is -1.10. The molecular formula is C11H19NO4. The molecule has 1 N–H and O–H groups in total. The largest absolute Gasteiger partial charge is 0.469 e. The number of methoxy groups -OCH3 is 1. The first-order valence-electron chi connectivity index (χ1n) is 5.53. The zero-order valence-electron chi connectivity index (χ0n) is 9.99.